The molecule has 1 aromatic rings. The number of hydrogen-bond donors (Lipinski definition) is 0. The highest BCUT2D eigenvalue weighted by atomic mass is 32.2. The van der Waals surface area contributed by atoms with Gasteiger partial charge >= 0.3 is 5.97 Å². The molecule has 2 heterocycles. The molecule has 0 bridgehead atoms. The summed E-state index contributed by atoms with van der Waals surface area (Å²) in [7, 11) is -3.94. The lowest BCUT2D eigenvalue weighted by molar-refractivity contribution is -0.163. The number of rotatable bonds is 5. The van der Waals surface area contributed by atoms with Crippen LogP contribution in [0.4, 0.5) is 4.39 Å². The van der Waals surface area contributed by atoms with Gasteiger partial charge in [0.2, 0.25) is 10.0 Å². The minimum atomic E-state index is -3.94. The minimum Gasteiger partial charge on any atom is -0.452 e. The first kappa shape index (κ1) is 20.7. The van der Waals surface area contributed by atoms with E-state index in [1.807, 2.05) is 0 Å². The number of ether oxygens (including phenoxy) is 1. The normalized spacial score (nSPS) is 20.1. The van der Waals surface area contributed by atoms with Crippen molar-refractivity contribution in [2.45, 2.75) is 43.6 Å². The largest absolute Gasteiger partial charge is 0.452 e. The van der Waals surface area contributed by atoms with Crippen molar-refractivity contribution in [3.05, 3.63) is 30.1 Å². The Morgan fingerprint density at radius 1 is 1.11 bits per heavy atom. The topological polar surface area (TPSA) is 84.0 Å². The molecule has 3 rings (SSSR count). The Kier molecular flexibility index (Phi) is 6.34. The summed E-state index contributed by atoms with van der Waals surface area (Å²) in [6.45, 7) is 3.14. The smallest absolute Gasteiger partial charge is 0.309 e. The van der Waals surface area contributed by atoms with Crippen molar-refractivity contribution < 1.29 is 27.1 Å². The van der Waals surface area contributed by atoms with Crippen molar-refractivity contribution in [1.29, 1.82) is 0 Å². The van der Waals surface area contributed by atoms with Crippen LogP contribution in [0.15, 0.2) is 29.2 Å². The Labute approximate surface area is 164 Å². The molecule has 0 aromatic heterocycles. The highest BCUT2D eigenvalue weighted by Crippen LogP contribution is 2.26. The van der Waals surface area contributed by atoms with Crippen LogP contribution in [0.3, 0.4) is 0 Å². The van der Waals surface area contributed by atoms with Crippen molar-refractivity contribution in [3.8, 4) is 0 Å². The van der Waals surface area contributed by atoms with E-state index in [4.69, 9.17) is 4.74 Å². The van der Waals surface area contributed by atoms with Gasteiger partial charge in [0, 0.05) is 26.2 Å². The molecule has 0 N–H and O–H groups in total. The highest BCUT2D eigenvalue weighted by molar-refractivity contribution is 7.89. The molecule has 28 heavy (non-hydrogen) atoms. The maximum atomic E-state index is 13.9. The number of esters is 1. The van der Waals surface area contributed by atoms with E-state index >= 15 is 0 Å². The molecular weight excluding hydrogens is 387 g/mol. The van der Waals surface area contributed by atoms with Gasteiger partial charge < -0.3 is 9.64 Å². The fraction of sp³-hybridized carbons (Fsp3) is 0.579. The molecule has 2 saturated heterocycles. The van der Waals surface area contributed by atoms with Crippen molar-refractivity contribution in [2.75, 3.05) is 26.2 Å². The molecular formula is C19H25FN2O5S. The first-order valence-electron chi connectivity index (χ1n) is 9.54. The Morgan fingerprint density at radius 3 is 2.32 bits per heavy atom. The number of carbonyl (C=O) groups excluding carboxylic acids is 2. The first-order valence-corrected chi connectivity index (χ1v) is 11.0. The summed E-state index contributed by atoms with van der Waals surface area (Å²) in [4.78, 5) is 26.0. The third kappa shape index (κ3) is 4.35. The second-order valence-electron chi connectivity index (χ2n) is 7.22. The Balaban J connectivity index is 1.55. The van der Waals surface area contributed by atoms with E-state index in [0.29, 0.717) is 13.1 Å². The predicted octanol–water partition coefficient (Wildman–Crippen LogP) is 1.78. The van der Waals surface area contributed by atoms with Crippen molar-refractivity contribution in [1.82, 2.24) is 9.21 Å². The van der Waals surface area contributed by atoms with E-state index in [2.05, 4.69) is 0 Å². The second-order valence-corrected chi connectivity index (χ2v) is 9.13. The lowest BCUT2D eigenvalue weighted by atomic mass is 9.98. The van der Waals surface area contributed by atoms with Crippen LogP contribution in [0.25, 0.3) is 0 Å². The van der Waals surface area contributed by atoms with Gasteiger partial charge in [0.15, 0.2) is 6.10 Å². The Morgan fingerprint density at radius 2 is 1.71 bits per heavy atom. The number of nitrogens with zero attached hydrogens (tertiary/aromatic N) is 2. The number of piperidine rings is 1. The standard InChI is InChI=1S/C19H25FN2O5S/c1-14(18(23)21-10-4-5-11-21)27-19(24)15-8-12-22(13-9-15)28(25,26)17-7-3-2-6-16(17)20/h2-3,6-7,14-15H,4-5,8-13H2,1H3. The molecule has 1 unspecified atom stereocenters. The Bertz CT molecular complexity index is 830. The SMILES string of the molecule is CC(OC(=O)C1CCN(S(=O)(=O)c2ccccc2F)CC1)C(=O)N1CCCC1. The van der Waals surface area contributed by atoms with Gasteiger partial charge in [-0.25, -0.2) is 12.8 Å². The summed E-state index contributed by atoms with van der Waals surface area (Å²) in [5.41, 5.74) is 0. The molecule has 0 aliphatic carbocycles. The molecule has 9 heteroatoms. The molecule has 1 aromatic carbocycles. The molecule has 2 aliphatic heterocycles. The van der Waals surface area contributed by atoms with E-state index in [1.54, 1.807) is 11.8 Å². The van der Waals surface area contributed by atoms with Crippen LogP contribution in [0, 0.1) is 11.7 Å². The fourth-order valence-electron chi connectivity index (χ4n) is 3.64. The molecule has 0 radical (unpaired) electrons. The van der Waals surface area contributed by atoms with Crippen LogP contribution in [0.1, 0.15) is 32.6 Å². The van der Waals surface area contributed by atoms with Crippen molar-refractivity contribution in [2.24, 2.45) is 5.92 Å². The number of amides is 1. The van der Waals surface area contributed by atoms with E-state index in [0.717, 1.165) is 18.9 Å². The zero-order valence-electron chi connectivity index (χ0n) is 15.8. The second kappa shape index (κ2) is 8.57. The number of benzene rings is 1. The molecule has 2 aliphatic rings. The number of halogens is 1. The van der Waals surface area contributed by atoms with E-state index < -0.39 is 33.8 Å². The number of carbonyl (C=O) groups is 2. The van der Waals surface area contributed by atoms with E-state index in [1.165, 1.54) is 22.5 Å². The average Bonchev–Trinajstić information content (AvgIpc) is 3.22. The summed E-state index contributed by atoms with van der Waals surface area (Å²) in [5, 5.41) is 0. The van der Waals surface area contributed by atoms with Gasteiger partial charge in [0.05, 0.1) is 5.92 Å². The van der Waals surface area contributed by atoms with Gasteiger partial charge in [-0.1, -0.05) is 12.1 Å². The van der Waals surface area contributed by atoms with Gasteiger partial charge in [-0.3, -0.25) is 9.59 Å². The van der Waals surface area contributed by atoms with Crippen LogP contribution >= 0.6 is 0 Å². The van der Waals surface area contributed by atoms with Crippen molar-refractivity contribution >= 4 is 21.9 Å². The molecule has 0 spiro atoms. The Hall–Kier alpha value is -2.00. The summed E-state index contributed by atoms with van der Waals surface area (Å²) < 4.78 is 45.6. The zero-order chi connectivity index (χ0) is 20.3. The quantitative estimate of drug-likeness (QED) is 0.689. The van der Waals surface area contributed by atoms with E-state index in [-0.39, 0.29) is 36.7 Å². The molecule has 2 fully saturated rings. The van der Waals surface area contributed by atoms with Crippen LogP contribution in [-0.2, 0) is 24.3 Å². The molecule has 1 atom stereocenters. The van der Waals surface area contributed by atoms with Gasteiger partial charge in [0.25, 0.3) is 5.91 Å². The van der Waals surface area contributed by atoms with Gasteiger partial charge in [-0.2, -0.15) is 4.31 Å². The highest BCUT2D eigenvalue weighted by Gasteiger charge is 2.35. The number of likely N-dealkylation sites (tertiary alicyclic amines) is 1. The van der Waals surface area contributed by atoms with Crippen LogP contribution in [0.5, 0.6) is 0 Å². The summed E-state index contributed by atoms with van der Waals surface area (Å²) >= 11 is 0. The van der Waals surface area contributed by atoms with Crippen LogP contribution in [-0.4, -0.2) is 61.8 Å². The molecule has 154 valence electrons. The maximum Gasteiger partial charge on any atom is 0.309 e. The number of sulfonamides is 1. The summed E-state index contributed by atoms with van der Waals surface area (Å²) in [6.07, 6.45) is 1.63. The average molecular weight is 412 g/mol. The third-order valence-corrected chi connectivity index (χ3v) is 7.23. The molecule has 0 saturated carbocycles. The van der Waals surface area contributed by atoms with Gasteiger partial charge in [-0.15, -0.1) is 0 Å². The zero-order valence-corrected chi connectivity index (χ0v) is 16.7. The summed E-state index contributed by atoms with van der Waals surface area (Å²) in [5.74, 6) is -1.94. The lowest BCUT2D eigenvalue weighted by Gasteiger charge is -2.31. The molecule has 1 amide bonds. The minimum absolute atomic E-state index is 0.102. The number of hydrogen-bond acceptors (Lipinski definition) is 5. The van der Waals surface area contributed by atoms with E-state index in [9.17, 15) is 22.4 Å². The molecule has 7 nitrogen and oxygen atoms in total. The lowest BCUT2D eigenvalue weighted by Crippen LogP contribution is -2.43. The predicted molar refractivity (Wildman–Crippen MR) is 99.3 cm³/mol. The van der Waals surface area contributed by atoms with Crippen LogP contribution in [0.2, 0.25) is 0 Å². The maximum absolute atomic E-state index is 13.9. The van der Waals surface area contributed by atoms with Gasteiger partial charge in [0.1, 0.15) is 10.7 Å². The van der Waals surface area contributed by atoms with Gasteiger partial charge in [-0.05, 0) is 44.7 Å². The monoisotopic (exact) mass is 412 g/mol. The third-order valence-electron chi connectivity index (χ3n) is 5.30. The van der Waals surface area contributed by atoms with Crippen LogP contribution < -0.4 is 0 Å². The van der Waals surface area contributed by atoms with Crippen molar-refractivity contribution in [3.63, 3.8) is 0 Å². The first-order chi connectivity index (χ1) is 13.3. The fourth-order valence-corrected chi connectivity index (χ4v) is 5.18. The summed E-state index contributed by atoms with van der Waals surface area (Å²) in [6, 6.07) is 5.24.